The van der Waals surface area contributed by atoms with Crippen molar-refractivity contribution in [1.29, 1.82) is 0 Å². The van der Waals surface area contributed by atoms with Crippen LogP contribution < -0.4 is 9.64 Å². The number of amides is 1. The monoisotopic (exact) mass is 452 g/mol. The summed E-state index contributed by atoms with van der Waals surface area (Å²) in [6.07, 6.45) is 1.79. The molecular weight excluding hydrogens is 428 g/mol. The highest BCUT2D eigenvalue weighted by Gasteiger charge is 2.43. The van der Waals surface area contributed by atoms with Gasteiger partial charge in [0.15, 0.2) is 5.82 Å². The summed E-state index contributed by atoms with van der Waals surface area (Å²) >= 11 is 0. The number of anilines is 1. The standard InChI is InChI=1S/C26H24N6O2/c1-5-32-21-12-20-19(11-17(21)26(2,3)25(32)33)28-24(29-20)23-16-8-6-14(10-18(16)30-31-23)15-7-9-22(34-4)27-13-15/h6-13H,5H2,1-4H3,(H,28,29)(H,30,31). The van der Waals surface area contributed by atoms with E-state index in [0.29, 0.717) is 18.2 Å². The molecule has 2 aromatic carbocycles. The van der Waals surface area contributed by atoms with Crippen LogP contribution in [-0.2, 0) is 10.2 Å². The zero-order valence-electron chi connectivity index (χ0n) is 19.4. The number of carbonyl (C=O) groups excluding carboxylic acids is 1. The summed E-state index contributed by atoms with van der Waals surface area (Å²) in [4.78, 5) is 27.2. The Morgan fingerprint density at radius 3 is 2.62 bits per heavy atom. The van der Waals surface area contributed by atoms with Crippen LogP contribution >= 0.6 is 0 Å². The summed E-state index contributed by atoms with van der Waals surface area (Å²) in [6.45, 7) is 6.58. The van der Waals surface area contributed by atoms with E-state index in [-0.39, 0.29) is 5.91 Å². The van der Waals surface area contributed by atoms with Crippen LogP contribution in [0.1, 0.15) is 26.3 Å². The predicted octanol–water partition coefficient (Wildman–Crippen LogP) is 4.82. The van der Waals surface area contributed by atoms with Crippen molar-refractivity contribution in [1.82, 2.24) is 25.1 Å². The van der Waals surface area contributed by atoms with Crippen LogP contribution in [0.5, 0.6) is 5.88 Å². The van der Waals surface area contributed by atoms with E-state index in [0.717, 1.165) is 50.0 Å². The number of benzene rings is 2. The molecule has 1 aliphatic heterocycles. The molecule has 1 amide bonds. The number of aromatic nitrogens is 5. The summed E-state index contributed by atoms with van der Waals surface area (Å²) in [7, 11) is 1.60. The van der Waals surface area contributed by atoms with Gasteiger partial charge in [-0.05, 0) is 62.2 Å². The molecule has 0 unspecified atom stereocenters. The number of imidazole rings is 1. The molecule has 8 nitrogen and oxygen atoms in total. The Labute approximate surface area is 196 Å². The Balaban J connectivity index is 1.42. The third-order valence-electron chi connectivity index (χ3n) is 6.73. The molecule has 170 valence electrons. The molecule has 6 rings (SSSR count). The molecule has 0 aliphatic carbocycles. The lowest BCUT2D eigenvalue weighted by Crippen LogP contribution is -2.35. The Kier molecular flexibility index (Phi) is 4.29. The fourth-order valence-corrected chi connectivity index (χ4v) is 4.81. The Hall–Kier alpha value is -4.20. The van der Waals surface area contributed by atoms with Gasteiger partial charge in [0.1, 0.15) is 5.69 Å². The first-order valence-electron chi connectivity index (χ1n) is 11.3. The lowest BCUT2D eigenvalue weighted by Gasteiger charge is -2.18. The lowest BCUT2D eigenvalue weighted by molar-refractivity contribution is -0.122. The van der Waals surface area contributed by atoms with Crippen LogP contribution in [0, 0.1) is 0 Å². The lowest BCUT2D eigenvalue weighted by atomic mass is 9.86. The van der Waals surface area contributed by atoms with Crippen LogP contribution in [-0.4, -0.2) is 44.7 Å². The number of fused-ring (bicyclic) bond motifs is 3. The highest BCUT2D eigenvalue weighted by Crippen LogP contribution is 2.43. The molecule has 0 fully saturated rings. The number of carbonyl (C=O) groups is 1. The highest BCUT2D eigenvalue weighted by atomic mass is 16.5. The van der Waals surface area contributed by atoms with Gasteiger partial charge in [-0.1, -0.05) is 6.07 Å². The molecule has 0 spiro atoms. The number of nitrogens with zero attached hydrogens (tertiary/aromatic N) is 4. The number of nitrogens with one attached hydrogen (secondary N) is 2. The molecule has 5 aromatic rings. The summed E-state index contributed by atoms with van der Waals surface area (Å²) < 4.78 is 5.15. The molecule has 0 bridgehead atoms. The van der Waals surface area contributed by atoms with E-state index < -0.39 is 5.41 Å². The first kappa shape index (κ1) is 20.4. The number of methoxy groups -OCH3 is 1. The maximum atomic E-state index is 12.8. The Bertz CT molecular complexity index is 1580. The van der Waals surface area contributed by atoms with Crippen molar-refractivity contribution in [3.8, 4) is 28.5 Å². The smallest absolute Gasteiger partial charge is 0.237 e. The first-order chi connectivity index (χ1) is 16.4. The molecule has 3 aromatic heterocycles. The van der Waals surface area contributed by atoms with Gasteiger partial charge in [-0.3, -0.25) is 9.89 Å². The number of H-pyrrole nitrogens is 2. The van der Waals surface area contributed by atoms with E-state index in [2.05, 4.69) is 38.4 Å². The van der Waals surface area contributed by atoms with Gasteiger partial charge in [-0.2, -0.15) is 5.10 Å². The normalized spacial score (nSPS) is 14.8. The molecule has 34 heavy (non-hydrogen) atoms. The minimum atomic E-state index is -0.559. The summed E-state index contributed by atoms with van der Waals surface area (Å²) in [5, 5.41) is 8.67. The van der Waals surface area contributed by atoms with Crippen molar-refractivity contribution in [3.05, 3.63) is 54.2 Å². The maximum absolute atomic E-state index is 12.8. The first-order valence-corrected chi connectivity index (χ1v) is 11.3. The van der Waals surface area contributed by atoms with Crippen LogP contribution in [0.25, 0.3) is 44.6 Å². The zero-order valence-corrected chi connectivity index (χ0v) is 19.4. The average Bonchev–Trinajstić information content (AvgIpc) is 3.51. The van der Waals surface area contributed by atoms with Gasteiger partial charge < -0.3 is 14.6 Å². The number of hydrogen-bond donors (Lipinski definition) is 2. The van der Waals surface area contributed by atoms with Gasteiger partial charge in [0, 0.05) is 29.8 Å². The number of ether oxygens (including phenoxy) is 1. The molecule has 2 N–H and O–H groups in total. The number of rotatable bonds is 4. The number of pyridine rings is 1. The van der Waals surface area contributed by atoms with Gasteiger partial charge in [0.25, 0.3) is 0 Å². The van der Waals surface area contributed by atoms with Gasteiger partial charge >= 0.3 is 0 Å². The number of hydrogen-bond acceptors (Lipinski definition) is 5. The molecule has 0 atom stereocenters. The SMILES string of the molecule is CCN1C(=O)C(C)(C)c2cc3[nH]c(-c4n[nH]c5cc(-c6ccc(OC)nc6)ccc45)nc3cc21. The summed E-state index contributed by atoms with van der Waals surface area (Å²) in [5.74, 6) is 1.40. The quantitative estimate of drug-likeness (QED) is 0.407. The van der Waals surface area contributed by atoms with Gasteiger partial charge in [-0.25, -0.2) is 9.97 Å². The predicted molar refractivity (Wildman–Crippen MR) is 132 cm³/mol. The van der Waals surface area contributed by atoms with Crippen molar-refractivity contribution in [2.45, 2.75) is 26.2 Å². The van der Waals surface area contributed by atoms with Crippen LogP contribution in [0.2, 0.25) is 0 Å². The second-order valence-electron chi connectivity index (χ2n) is 9.07. The number of aromatic amines is 2. The second kappa shape index (κ2) is 7.15. The summed E-state index contributed by atoms with van der Waals surface area (Å²) in [5.41, 5.74) is 6.80. The Morgan fingerprint density at radius 2 is 1.88 bits per heavy atom. The minimum absolute atomic E-state index is 0.124. The summed E-state index contributed by atoms with van der Waals surface area (Å²) in [6, 6.07) is 14.0. The Morgan fingerprint density at radius 1 is 1.06 bits per heavy atom. The third kappa shape index (κ3) is 2.84. The van der Waals surface area contributed by atoms with E-state index in [1.54, 1.807) is 13.3 Å². The zero-order chi connectivity index (χ0) is 23.6. The van der Waals surface area contributed by atoms with Crippen LogP contribution in [0.15, 0.2) is 48.7 Å². The third-order valence-corrected chi connectivity index (χ3v) is 6.73. The van der Waals surface area contributed by atoms with Gasteiger partial charge in [0.2, 0.25) is 11.8 Å². The number of likely N-dealkylation sites (N-methyl/N-ethyl adjacent to an activating group) is 1. The van der Waals surface area contributed by atoms with Gasteiger partial charge in [0.05, 0.1) is 34.8 Å². The van der Waals surface area contributed by atoms with Crippen molar-refractivity contribution >= 4 is 33.5 Å². The molecule has 0 saturated heterocycles. The molecule has 0 saturated carbocycles. The second-order valence-corrected chi connectivity index (χ2v) is 9.07. The molecule has 1 aliphatic rings. The maximum Gasteiger partial charge on any atom is 0.237 e. The molecule has 4 heterocycles. The van der Waals surface area contributed by atoms with E-state index in [4.69, 9.17) is 9.72 Å². The minimum Gasteiger partial charge on any atom is -0.481 e. The topological polar surface area (TPSA) is 99.8 Å². The van der Waals surface area contributed by atoms with E-state index in [9.17, 15) is 4.79 Å². The van der Waals surface area contributed by atoms with Crippen LogP contribution in [0.4, 0.5) is 5.69 Å². The van der Waals surface area contributed by atoms with Crippen molar-refractivity contribution < 1.29 is 9.53 Å². The fourth-order valence-electron chi connectivity index (χ4n) is 4.81. The van der Waals surface area contributed by atoms with Crippen molar-refractivity contribution in [2.75, 3.05) is 18.6 Å². The van der Waals surface area contributed by atoms with E-state index >= 15 is 0 Å². The fraction of sp³-hybridized carbons (Fsp3) is 0.231. The van der Waals surface area contributed by atoms with Crippen LogP contribution in [0.3, 0.4) is 0 Å². The van der Waals surface area contributed by atoms with Gasteiger partial charge in [-0.15, -0.1) is 0 Å². The van der Waals surface area contributed by atoms with Crippen molar-refractivity contribution in [3.63, 3.8) is 0 Å². The molecule has 0 radical (unpaired) electrons. The molecule has 8 heteroatoms. The highest BCUT2D eigenvalue weighted by molar-refractivity contribution is 6.09. The van der Waals surface area contributed by atoms with Crippen molar-refractivity contribution in [2.24, 2.45) is 0 Å². The average molecular weight is 453 g/mol. The van der Waals surface area contributed by atoms with E-state index in [1.807, 2.05) is 49.9 Å². The van der Waals surface area contributed by atoms with E-state index in [1.165, 1.54) is 0 Å². The largest absolute Gasteiger partial charge is 0.481 e. The molecular formula is C26H24N6O2.